The first-order valence-corrected chi connectivity index (χ1v) is 15.6. The third-order valence-electron chi connectivity index (χ3n) is 8.65. The summed E-state index contributed by atoms with van der Waals surface area (Å²) in [5, 5.41) is 31.6. The second kappa shape index (κ2) is 13.2. The number of rotatable bonds is 6. The van der Waals surface area contributed by atoms with Crippen LogP contribution in [0.25, 0.3) is 66.8 Å². The summed E-state index contributed by atoms with van der Waals surface area (Å²) < 4.78 is 0. The fourth-order valence-corrected chi connectivity index (χ4v) is 6.41. The van der Waals surface area contributed by atoms with E-state index >= 15 is 0 Å². The average Bonchev–Trinajstić information content (AvgIpc) is 3.17. The van der Waals surface area contributed by atoms with Crippen molar-refractivity contribution in [2.24, 2.45) is 0 Å². The van der Waals surface area contributed by atoms with Gasteiger partial charge in [0.05, 0.1) is 16.7 Å². The molecule has 0 bridgehead atoms. The van der Waals surface area contributed by atoms with Crippen LogP contribution >= 0.6 is 0 Å². The van der Waals surface area contributed by atoms with Gasteiger partial charge in [0.25, 0.3) is 0 Å². The largest absolute Gasteiger partial charge is 0.192 e. The molecule has 0 saturated heterocycles. The lowest BCUT2D eigenvalue weighted by Crippen LogP contribution is -1.95. The zero-order valence-electron chi connectivity index (χ0n) is 25.9. The van der Waals surface area contributed by atoms with Crippen LogP contribution in [0.3, 0.4) is 0 Å². The zero-order valence-corrected chi connectivity index (χ0v) is 25.9. The van der Waals surface area contributed by atoms with E-state index in [1.54, 1.807) is 0 Å². The molecule has 0 aliphatic carbocycles. The van der Waals surface area contributed by atoms with Gasteiger partial charge in [-0.05, 0) is 51.6 Å². The summed E-state index contributed by atoms with van der Waals surface area (Å²) in [6.45, 7) is 0. The van der Waals surface area contributed by atoms with Crippen molar-refractivity contribution < 1.29 is 0 Å². The second-order valence-electron chi connectivity index (χ2n) is 11.4. The molecule has 0 heterocycles. The van der Waals surface area contributed by atoms with Crippen molar-refractivity contribution in [3.05, 3.63) is 180 Å². The first kappa shape index (κ1) is 29.7. The molecule has 7 rings (SSSR count). The molecule has 0 radical (unpaired) electrons. The van der Waals surface area contributed by atoms with E-state index in [4.69, 9.17) is 0 Å². The van der Waals surface area contributed by atoms with Crippen molar-refractivity contribution in [3.63, 3.8) is 0 Å². The maximum absolute atomic E-state index is 10.5. The van der Waals surface area contributed by atoms with E-state index in [2.05, 4.69) is 18.2 Å². The highest BCUT2D eigenvalue weighted by molar-refractivity contribution is 5.91. The minimum atomic E-state index is 0.559. The van der Waals surface area contributed by atoms with Crippen LogP contribution in [0.15, 0.2) is 164 Å². The van der Waals surface area contributed by atoms with Crippen LogP contribution in [0.4, 0.5) is 0 Å². The molecule has 0 spiro atoms. The van der Waals surface area contributed by atoms with Crippen molar-refractivity contribution in [1.82, 2.24) is 0 Å². The highest BCUT2D eigenvalue weighted by atomic mass is 14.3. The molecule has 222 valence electrons. The van der Waals surface area contributed by atoms with Crippen molar-refractivity contribution >= 4 is 0 Å². The third kappa shape index (κ3) is 5.52. The van der Waals surface area contributed by atoms with Gasteiger partial charge in [-0.25, -0.2) is 0 Å². The molecule has 3 nitrogen and oxygen atoms in total. The topological polar surface area (TPSA) is 71.4 Å². The molecule has 0 aliphatic rings. The Balaban J connectivity index is 1.52. The predicted octanol–water partition coefficient (Wildman–Crippen LogP) is 11.3. The lowest BCUT2D eigenvalue weighted by atomic mass is 9.85. The first-order valence-electron chi connectivity index (χ1n) is 15.6. The van der Waals surface area contributed by atoms with Gasteiger partial charge in [-0.2, -0.15) is 15.8 Å². The molecule has 0 unspecified atom stereocenters. The van der Waals surface area contributed by atoms with E-state index in [0.717, 1.165) is 66.8 Å². The van der Waals surface area contributed by atoms with Gasteiger partial charge >= 0.3 is 0 Å². The van der Waals surface area contributed by atoms with Crippen LogP contribution in [0.2, 0.25) is 0 Å². The molecule has 7 aromatic carbocycles. The molecule has 48 heavy (non-hydrogen) atoms. The Morgan fingerprint density at radius 3 is 0.708 bits per heavy atom. The maximum atomic E-state index is 10.5. The van der Waals surface area contributed by atoms with Crippen molar-refractivity contribution in [1.29, 1.82) is 15.8 Å². The van der Waals surface area contributed by atoms with E-state index in [1.165, 1.54) is 0 Å². The Bertz CT molecular complexity index is 2120. The highest BCUT2D eigenvalue weighted by Gasteiger charge is 2.19. The fourth-order valence-electron chi connectivity index (χ4n) is 6.41. The molecule has 0 saturated carbocycles. The van der Waals surface area contributed by atoms with Crippen molar-refractivity contribution in [2.75, 3.05) is 0 Å². The average molecular weight is 610 g/mol. The molecular weight excluding hydrogens is 583 g/mol. The number of hydrogen-bond donors (Lipinski definition) is 0. The van der Waals surface area contributed by atoms with Gasteiger partial charge in [-0.15, -0.1) is 0 Å². The SMILES string of the molecule is N#Cc1c(-c2ccccc2)cccc1-c1cc(-c2cccc(-c3ccccc3)c2C#N)cc(-c2cccc(-c3ccccc3)c2C#N)c1. The van der Waals surface area contributed by atoms with Gasteiger partial charge in [-0.1, -0.05) is 146 Å². The van der Waals surface area contributed by atoms with Crippen LogP contribution < -0.4 is 0 Å². The van der Waals surface area contributed by atoms with Crippen LogP contribution in [-0.2, 0) is 0 Å². The van der Waals surface area contributed by atoms with Gasteiger partial charge in [-0.3, -0.25) is 0 Å². The number of hydrogen-bond acceptors (Lipinski definition) is 3. The lowest BCUT2D eigenvalue weighted by Gasteiger charge is -2.17. The summed E-state index contributed by atoms with van der Waals surface area (Å²) >= 11 is 0. The highest BCUT2D eigenvalue weighted by Crippen LogP contribution is 2.41. The zero-order chi connectivity index (χ0) is 32.9. The van der Waals surface area contributed by atoms with E-state index in [0.29, 0.717) is 16.7 Å². The van der Waals surface area contributed by atoms with E-state index in [9.17, 15) is 15.8 Å². The summed E-state index contributed by atoms with van der Waals surface area (Å²) in [6, 6.07) is 61.0. The standard InChI is InChI=1S/C45H27N3/c46-28-43-37(31-13-4-1-5-14-31)19-10-22-40(43)34-25-35(41-23-11-20-38(44(41)29-47)32-15-6-2-7-16-32)27-36(26-34)42-24-12-21-39(45(42)30-48)33-17-8-3-9-18-33/h1-27H. The molecule has 0 aromatic heterocycles. The van der Waals surface area contributed by atoms with E-state index in [-0.39, 0.29) is 0 Å². The fraction of sp³-hybridized carbons (Fsp3) is 0. The van der Waals surface area contributed by atoms with Crippen LogP contribution in [0.1, 0.15) is 16.7 Å². The van der Waals surface area contributed by atoms with Gasteiger partial charge < -0.3 is 0 Å². The molecule has 0 amide bonds. The van der Waals surface area contributed by atoms with Crippen molar-refractivity contribution in [2.45, 2.75) is 0 Å². The summed E-state index contributed by atoms with van der Waals surface area (Å²) in [6.07, 6.45) is 0. The third-order valence-corrected chi connectivity index (χ3v) is 8.65. The second-order valence-corrected chi connectivity index (χ2v) is 11.4. The van der Waals surface area contributed by atoms with E-state index in [1.807, 2.05) is 164 Å². The summed E-state index contributed by atoms with van der Waals surface area (Å²) in [5.74, 6) is 0. The lowest BCUT2D eigenvalue weighted by molar-refractivity contribution is 1.45. The molecule has 3 heteroatoms. The molecule has 0 N–H and O–H groups in total. The van der Waals surface area contributed by atoms with Gasteiger partial charge in [0.1, 0.15) is 18.2 Å². The minimum absolute atomic E-state index is 0.559. The van der Waals surface area contributed by atoms with Gasteiger partial charge in [0.15, 0.2) is 0 Å². The quantitative estimate of drug-likeness (QED) is 0.188. The van der Waals surface area contributed by atoms with Crippen LogP contribution in [0.5, 0.6) is 0 Å². The summed E-state index contributed by atoms with van der Waals surface area (Å²) in [7, 11) is 0. The Morgan fingerprint density at radius 2 is 0.479 bits per heavy atom. The Morgan fingerprint density at radius 1 is 0.250 bits per heavy atom. The smallest absolute Gasteiger partial charge is 0.100 e. The normalized spacial score (nSPS) is 10.4. The van der Waals surface area contributed by atoms with Crippen LogP contribution in [0, 0.1) is 34.0 Å². The minimum Gasteiger partial charge on any atom is -0.192 e. The Kier molecular flexibility index (Phi) is 8.15. The molecule has 0 atom stereocenters. The molecule has 7 aromatic rings. The Hall–Kier alpha value is -6.99. The Labute approximate surface area is 280 Å². The number of nitriles is 3. The molecule has 0 fully saturated rings. The predicted molar refractivity (Wildman–Crippen MR) is 193 cm³/mol. The van der Waals surface area contributed by atoms with Crippen molar-refractivity contribution in [3.8, 4) is 85.0 Å². The van der Waals surface area contributed by atoms with Gasteiger partial charge in [0, 0.05) is 33.4 Å². The molecule has 0 aliphatic heterocycles. The number of nitrogens with zero attached hydrogens (tertiary/aromatic N) is 3. The summed E-state index contributed by atoms with van der Waals surface area (Å²) in [5.41, 5.74) is 11.9. The van der Waals surface area contributed by atoms with E-state index < -0.39 is 0 Å². The first-order chi connectivity index (χ1) is 23.7. The number of benzene rings is 7. The monoisotopic (exact) mass is 609 g/mol. The van der Waals surface area contributed by atoms with Crippen LogP contribution in [-0.4, -0.2) is 0 Å². The summed E-state index contributed by atoms with van der Waals surface area (Å²) in [4.78, 5) is 0. The van der Waals surface area contributed by atoms with Gasteiger partial charge in [0.2, 0.25) is 0 Å². The maximum Gasteiger partial charge on any atom is 0.100 e. The molecular formula is C45H27N3.